The standard InChI is InChI=1S/C17H26N2/c1-19-12-6-5-9-16(19)17-15(10-11-18-17)13-14-7-3-2-4-8-14/h2-4,7-8,15-18H,5-6,9-13H2,1H3. The van der Waals surface area contributed by atoms with Gasteiger partial charge in [-0.25, -0.2) is 0 Å². The smallest absolute Gasteiger partial charge is 0.0255 e. The van der Waals surface area contributed by atoms with Gasteiger partial charge in [0.2, 0.25) is 0 Å². The molecule has 19 heavy (non-hydrogen) atoms. The van der Waals surface area contributed by atoms with E-state index in [2.05, 4.69) is 47.6 Å². The third-order valence-electron chi connectivity index (χ3n) is 4.99. The second-order valence-electron chi connectivity index (χ2n) is 6.26. The minimum absolute atomic E-state index is 0.700. The molecule has 0 aromatic heterocycles. The van der Waals surface area contributed by atoms with E-state index in [1.165, 1.54) is 50.8 Å². The summed E-state index contributed by atoms with van der Waals surface area (Å²) in [5, 5.41) is 3.79. The Morgan fingerprint density at radius 3 is 2.79 bits per heavy atom. The molecular weight excluding hydrogens is 232 g/mol. The number of rotatable bonds is 3. The number of nitrogens with zero attached hydrogens (tertiary/aromatic N) is 1. The monoisotopic (exact) mass is 258 g/mol. The van der Waals surface area contributed by atoms with Gasteiger partial charge in [-0.1, -0.05) is 36.8 Å². The number of likely N-dealkylation sites (tertiary alicyclic amines) is 1. The van der Waals surface area contributed by atoms with Crippen LogP contribution in [0.25, 0.3) is 0 Å². The average molecular weight is 258 g/mol. The summed E-state index contributed by atoms with van der Waals surface area (Å²) < 4.78 is 0. The first-order chi connectivity index (χ1) is 9.34. The van der Waals surface area contributed by atoms with Crippen LogP contribution in [-0.2, 0) is 6.42 Å². The zero-order chi connectivity index (χ0) is 13.1. The largest absolute Gasteiger partial charge is 0.312 e. The Bertz CT molecular complexity index is 390. The van der Waals surface area contributed by atoms with Crippen LogP contribution in [0.1, 0.15) is 31.2 Å². The highest BCUT2D eigenvalue weighted by molar-refractivity contribution is 5.16. The molecule has 2 heteroatoms. The molecule has 2 heterocycles. The maximum Gasteiger partial charge on any atom is 0.0255 e. The lowest BCUT2D eigenvalue weighted by atomic mass is 9.85. The Labute approximate surface area is 117 Å². The lowest BCUT2D eigenvalue weighted by Gasteiger charge is -2.39. The molecule has 104 valence electrons. The number of benzene rings is 1. The molecule has 0 radical (unpaired) electrons. The van der Waals surface area contributed by atoms with Gasteiger partial charge in [-0.2, -0.15) is 0 Å². The van der Waals surface area contributed by atoms with Crippen LogP contribution in [0, 0.1) is 5.92 Å². The molecule has 1 aromatic rings. The summed E-state index contributed by atoms with van der Waals surface area (Å²) in [6.45, 7) is 2.48. The van der Waals surface area contributed by atoms with Crippen molar-refractivity contribution in [2.75, 3.05) is 20.1 Å². The number of hydrogen-bond acceptors (Lipinski definition) is 2. The molecule has 3 unspecified atom stereocenters. The summed E-state index contributed by atoms with van der Waals surface area (Å²) in [5.74, 6) is 0.813. The molecule has 0 aliphatic carbocycles. The molecule has 2 saturated heterocycles. The van der Waals surface area contributed by atoms with Gasteiger partial charge in [-0.05, 0) is 57.3 Å². The van der Waals surface area contributed by atoms with Gasteiger partial charge in [0.1, 0.15) is 0 Å². The van der Waals surface area contributed by atoms with Gasteiger partial charge in [0.05, 0.1) is 0 Å². The Morgan fingerprint density at radius 2 is 2.00 bits per heavy atom. The summed E-state index contributed by atoms with van der Waals surface area (Å²) in [4.78, 5) is 2.59. The topological polar surface area (TPSA) is 15.3 Å². The van der Waals surface area contributed by atoms with Crippen LogP contribution in [0.3, 0.4) is 0 Å². The predicted molar refractivity (Wildman–Crippen MR) is 80.3 cm³/mol. The minimum Gasteiger partial charge on any atom is -0.312 e. The SMILES string of the molecule is CN1CCCCC1C1NCCC1Cc1ccccc1. The van der Waals surface area contributed by atoms with Crippen molar-refractivity contribution >= 4 is 0 Å². The van der Waals surface area contributed by atoms with E-state index in [9.17, 15) is 0 Å². The Balaban J connectivity index is 1.67. The Morgan fingerprint density at radius 1 is 1.16 bits per heavy atom. The maximum absolute atomic E-state index is 3.79. The highest BCUT2D eigenvalue weighted by Gasteiger charge is 2.36. The van der Waals surface area contributed by atoms with E-state index in [4.69, 9.17) is 0 Å². The second-order valence-corrected chi connectivity index (χ2v) is 6.26. The summed E-state index contributed by atoms with van der Waals surface area (Å²) in [7, 11) is 2.31. The van der Waals surface area contributed by atoms with Crippen molar-refractivity contribution in [2.24, 2.45) is 5.92 Å². The number of piperidine rings is 1. The van der Waals surface area contributed by atoms with Crippen molar-refractivity contribution in [3.63, 3.8) is 0 Å². The average Bonchev–Trinajstić information content (AvgIpc) is 2.88. The van der Waals surface area contributed by atoms with Crippen molar-refractivity contribution in [3.8, 4) is 0 Å². The molecule has 2 nitrogen and oxygen atoms in total. The van der Waals surface area contributed by atoms with Crippen LogP contribution < -0.4 is 5.32 Å². The molecule has 0 saturated carbocycles. The summed E-state index contributed by atoms with van der Waals surface area (Å²) in [6.07, 6.45) is 6.74. The van der Waals surface area contributed by atoms with Gasteiger partial charge < -0.3 is 10.2 Å². The highest BCUT2D eigenvalue weighted by atomic mass is 15.2. The first-order valence-electron chi connectivity index (χ1n) is 7.82. The molecule has 2 aliphatic heterocycles. The fraction of sp³-hybridized carbons (Fsp3) is 0.647. The quantitative estimate of drug-likeness (QED) is 0.897. The normalized spacial score (nSPS) is 32.6. The van der Waals surface area contributed by atoms with E-state index in [1.54, 1.807) is 0 Å². The van der Waals surface area contributed by atoms with E-state index in [1.807, 2.05) is 0 Å². The van der Waals surface area contributed by atoms with E-state index >= 15 is 0 Å². The first-order valence-corrected chi connectivity index (χ1v) is 7.82. The second kappa shape index (κ2) is 6.06. The molecule has 0 bridgehead atoms. The molecule has 2 aliphatic rings. The molecule has 3 atom stereocenters. The van der Waals surface area contributed by atoms with Crippen LogP contribution in [0.4, 0.5) is 0 Å². The van der Waals surface area contributed by atoms with Gasteiger partial charge in [0.15, 0.2) is 0 Å². The van der Waals surface area contributed by atoms with Crippen molar-refractivity contribution in [1.29, 1.82) is 0 Å². The van der Waals surface area contributed by atoms with Crippen LogP contribution in [-0.4, -0.2) is 37.1 Å². The van der Waals surface area contributed by atoms with Gasteiger partial charge in [0, 0.05) is 12.1 Å². The molecular formula is C17H26N2. The van der Waals surface area contributed by atoms with Gasteiger partial charge in [0.25, 0.3) is 0 Å². The Kier molecular flexibility index (Phi) is 4.19. The number of hydrogen-bond donors (Lipinski definition) is 1. The van der Waals surface area contributed by atoms with E-state index in [-0.39, 0.29) is 0 Å². The Hall–Kier alpha value is -0.860. The van der Waals surface area contributed by atoms with Gasteiger partial charge >= 0.3 is 0 Å². The molecule has 2 fully saturated rings. The van der Waals surface area contributed by atoms with Crippen LogP contribution in [0.2, 0.25) is 0 Å². The minimum atomic E-state index is 0.700. The van der Waals surface area contributed by atoms with Crippen LogP contribution in [0.5, 0.6) is 0 Å². The van der Waals surface area contributed by atoms with E-state index in [0.717, 1.165) is 12.0 Å². The summed E-state index contributed by atoms with van der Waals surface area (Å²) in [6, 6.07) is 12.5. The first kappa shape index (κ1) is 13.1. The number of nitrogens with one attached hydrogen (secondary N) is 1. The lowest BCUT2D eigenvalue weighted by molar-refractivity contribution is 0.134. The van der Waals surface area contributed by atoms with Crippen LogP contribution >= 0.6 is 0 Å². The molecule has 1 aromatic carbocycles. The van der Waals surface area contributed by atoms with Crippen molar-refractivity contribution in [2.45, 2.75) is 44.2 Å². The molecule has 1 N–H and O–H groups in total. The van der Waals surface area contributed by atoms with E-state index < -0.39 is 0 Å². The predicted octanol–water partition coefficient (Wildman–Crippen LogP) is 2.69. The number of likely N-dealkylation sites (N-methyl/N-ethyl adjacent to an activating group) is 1. The highest BCUT2D eigenvalue weighted by Crippen LogP contribution is 2.29. The molecule has 3 rings (SSSR count). The van der Waals surface area contributed by atoms with Crippen molar-refractivity contribution < 1.29 is 0 Å². The van der Waals surface area contributed by atoms with Crippen molar-refractivity contribution in [3.05, 3.63) is 35.9 Å². The third-order valence-corrected chi connectivity index (χ3v) is 4.99. The summed E-state index contributed by atoms with van der Waals surface area (Å²) >= 11 is 0. The zero-order valence-electron chi connectivity index (χ0n) is 12.0. The van der Waals surface area contributed by atoms with Gasteiger partial charge in [-0.3, -0.25) is 0 Å². The zero-order valence-corrected chi connectivity index (χ0v) is 12.0. The van der Waals surface area contributed by atoms with Crippen LogP contribution in [0.15, 0.2) is 30.3 Å². The fourth-order valence-electron chi connectivity index (χ4n) is 3.93. The third kappa shape index (κ3) is 3.01. The van der Waals surface area contributed by atoms with Gasteiger partial charge in [-0.15, -0.1) is 0 Å². The summed E-state index contributed by atoms with van der Waals surface area (Å²) in [5.41, 5.74) is 1.50. The van der Waals surface area contributed by atoms with Crippen molar-refractivity contribution in [1.82, 2.24) is 10.2 Å². The fourth-order valence-corrected chi connectivity index (χ4v) is 3.93. The molecule has 0 amide bonds. The lowest BCUT2D eigenvalue weighted by Crippen LogP contribution is -2.51. The van der Waals surface area contributed by atoms with E-state index in [0.29, 0.717) is 6.04 Å². The maximum atomic E-state index is 3.79. The molecule has 0 spiro atoms.